The third-order valence-corrected chi connectivity index (χ3v) is 17.4. The molecule has 0 spiro atoms. The standard InChI is InChI=1S/C57H65BrN4O8S2/c1-35-24-50(51(66)25-40(32-63)37-6-8-38(9-7-37)54-36(2)59-34-71-54)62(29-35)56(67)49(57(3,4)5)27-45(65)33-68-22-20-60-30-43-26-42(60)31-61(43)21-23-69-46-15-17-47(18-16-46)70-53-48-19-14-44(64)28-52(48)72-55(53)39-10-12-41(58)13-11-39/h6-19,28,34-35,40,42-43,49-50,63-64H,20-27,29-33H2,1-5H3/t35-,40+,42+,43+,49-,50+/m1/s1. The summed E-state index contributed by atoms with van der Waals surface area (Å²) < 4.78 is 20.6. The van der Waals surface area contributed by atoms with Gasteiger partial charge in [0, 0.05) is 84.0 Å². The number of aromatic nitrogens is 1. The van der Waals surface area contributed by atoms with Gasteiger partial charge in [-0.05, 0) is 102 Å². The van der Waals surface area contributed by atoms with Gasteiger partial charge in [0.05, 0.1) is 40.2 Å². The number of Topliss-reactive ketones (excluding diaryl/α,β-unsaturated/α-hetero) is 2. The molecule has 2 N–H and O–H groups in total. The minimum Gasteiger partial charge on any atom is -0.508 e. The summed E-state index contributed by atoms with van der Waals surface area (Å²) in [7, 11) is 0. The van der Waals surface area contributed by atoms with E-state index in [1.807, 2.05) is 99.9 Å². The Labute approximate surface area is 439 Å². The number of thiazole rings is 1. The highest BCUT2D eigenvalue weighted by molar-refractivity contribution is 9.10. The molecule has 2 bridgehead atoms. The van der Waals surface area contributed by atoms with Crippen LogP contribution in [0.3, 0.4) is 0 Å². The van der Waals surface area contributed by atoms with Gasteiger partial charge in [0.2, 0.25) is 5.91 Å². The van der Waals surface area contributed by atoms with Crippen molar-refractivity contribution in [1.82, 2.24) is 19.7 Å². The average molecular weight is 1080 g/mol. The summed E-state index contributed by atoms with van der Waals surface area (Å²) in [5.74, 6) is 1.27. The summed E-state index contributed by atoms with van der Waals surface area (Å²) in [6.07, 6.45) is 1.84. The number of hydrogen-bond acceptors (Lipinski definition) is 13. The van der Waals surface area contributed by atoms with E-state index in [0.717, 1.165) is 90.8 Å². The van der Waals surface area contributed by atoms with Gasteiger partial charge >= 0.3 is 0 Å². The Morgan fingerprint density at radius 2 is 1.50 bits per heavy atom. The maximum atomic E-state index is 14.4. The minimum atomic E-state index is -0.602. The molecule has 2 aromatic heterocycles. The molecule has 72 heavy (non-hydrogen) atoms. The molecular weight excluding hydrogens is 1010 g/mol. The van der Waals surface area contributed by atoms with Crippen LogP contribution < -0.4 is 9.47 Å². The van der Waals surface area contributed by atoms with Gasteiger partial charge in [0.1, 0.15) is 30.5 Å². The highest BCUT2D eigenvalue weighted by atomic mass is 79.9. The number of carbonyl (C=O) groups is 3. The molecule has 3 aliphatic heterocycles. The Bertz CT molecular complexity index is 2850. The molecule has 12 nitrogen and oxygen atoms in total. The summed E-state index contributed by atoms with van der Waals surface area (Å²) in [6, 6.07) is 29.5. The van der Waals surface area contributed by atoms with Crippen LogP contribution in [0.15, 0.2) is 101 Å². The van der Waals surface area contributed by atoms with Gasteiger partial charge in [-0.3, -0.25) is 24.2 Å². The highest BCUT2D eigenvalue weighted by Crippen LogP contribution is 2.47. The zero-order valence-electron chi connectivity index (χ0n) is 41.7. The molecule has 6 atom stereocenters. The smallest absolute Gasteiger partial charge is 0.227 e. The predicted octanol–water partition coefficient (Wildman–Crippen LogP) is 11.0. The average Bonchev–Trinajstić information content (AvgIpc) is 4.21. The van der Waals surface area contributed by atoms with Crippen molar-refractivity contribution < 1.29 is 38.8 Å². The van der Waals surface area contributed by atoms with Crippen molar-refractivity contribution in [3.05, 3.63) is 112 Å². The third-order valence-electron chi connectivity index (χ3n) is 14.7. The van der Waals surface area contributed by atoms with Crippen LogP contribution in [-0.4, -0.2) is 125 Å². The van der Waals surface area contributed by atoms with E-state index < -0.39 is 17.4 Å². The van der Waals surface area contributed by atoms with Crippen molar-refractivity contribution >= 4 is 66.2 Å². The van der Waals surface area contributed by atoms with E-state index in [9.17, 15) is 24.6 Å². The Kier molecular flexibility index (Phi) is 16.3. The fourth-order valence-corrected chi connectivity index (χ4v) is 12.9. The van der Waals surface area contributed by atoms with E-state index in [1.165, 1.54) is 0 Å². The van der Waals surface area contributed by atoms with Crippen LogP contribution in [0.2, 0.25) is 0 Å². The Balaban J connectivity index is 0.703. The van der Waals surface area contributed by atoms with Crippen molar-refractivity contribution in [2.75, 3.05) is 59.2 Å². The summed E-state index contributed by atoms with van der Waals surface area (Å²) in [5.41, 5.74) is 5.25. The number of carbonyl (C=O) groups excluding carboxylic acids is 3. The predicted molar refractivity (Wildman–Crippen MR) is 288 cm³/mol. The van der Waals surface area contributed by atoms with Crippen LogP contribution in [0.25, 0.3) is 31.0 Å². The Morgan fingerprint density at radius 1 is 0.833 bits per heavy atom. The van der Waals surface area contributed by atoms with Crippen molar-refractivity contribution in [3.8, 4) is 43.9 Å². The van der Waals surface area contributed by atoms with Crippen LogP contribution >= 0.6 is 38.6 Å². The monoisotopic (exact) mass is 1080 g/mol. The third kappa shape index (κ3) is 12.0. The lowest BCUT2D eigenvalue weighted by molar-refractivity contribution is -0.146. The fraction of sp³-hybridized carbons (Fsp3) is 0.439. The maximum Gasteiger partial charge on any atom is 0.227 e. The number of piperazine rings is 1. The number of fused-ring (bicyclic) bond motifs is 3. The SMILES string of the molecule is Cc1ncsc1-c1ccc([C@H](CO)CC(=O)[C@@H]2C[C@@H](C)CN2C(=O)[C@@H](CC(=O)COCCN2C[C@@H]3C[C@H]2CN3CCOc2ccc(Oc3c(-c4ccc(Br)cc4)sc4cc(O)ccc34)cc2)C(C)(C)C)cc1. The number of amides is 1. The molecule has 0 unspecified atom stereocenters. The zero-order chi connectivity index (χ0) is 50.7. The Morgan fingerprint density at radius 3 is 2.15 bits per heavy atom. The number of benzene rings is 4. The first-order chi connectivity index (χ1) is 34.6. The number of aliphatic hydroxyl groups is 1. The number of likely N-dealkylation sites (tertiary alicyclic amines) is 3. The summed E-state index contributed by atoms with van der Waals surface area (Å²) >= 11 is 6.70. The van der Waals surface area contributed by atoms with E-state index in [0.29, 0.717) is 44.0 Å². The van der Waals surface area contributed by atoms with Crippen molar-refractivity contribution in [2.45, 2.75) is 84.3 Å². The maximum absolute atomic E-state index is 14.4. The second-order valence-corrected chi connectivity index (χ2v) is 23.7. The number of ether oxygens (including phenoxy) is 3. The number of aryl methyl sites for hydroxylation is 1. The molecule has 4 aromatic carbocycles. The van der Waals surface area contributed by atoms with E-state index in [4.69, 9.17) is 14.2 Å². The molecule has 380 valence electrons. The van der Waals surface area contributed by atoms with Gasteiger partial charge < -0.3 is 29.3 Å². The van der Waals surface area contributed by atoms with E-state index in [-0.39, 0.29) is 61.1 Å². The van der Waals surface area contributed by atoms with Crippen LogP contribution in [-0.2, 0) is 19.1 Å². The zero-order valence-corrected chi connectivity index (χ0v) is 44.9. The number of thiophene rings is 1. The van der Waals surface area contributed by atoms with E-state index >= 15 is 0 Å². The number of phenolic OH excluding ortho intramolecular Hbond substituents is 1. The topological polar surface area (TPSA) is 142 Å². The number of ketones is 2. The second-order valence-electron chi connectivity index (χ2n) is 20.9. The summed E-state index contributed by atoms with van der Waals surface area (Å²) in [4.78, 5) is 55.0. The van der Waals surface area contributed by atoms with Gasteiger partial charge in [-0.15, -0.1) is 22.7 Å². The molecule has 0 radical (unpaired) electrons. The largest absolute Gasteiger partial charge is 0.508 e. The number of halogens is 1. The number of nitrogens with zero attached hydrogens (tertiary/aromatic N) is 4. The molecule has 15 heteroatoms. The molecule has 0 saturated carbocycles. The van der Waals surface area contributed by atoms with Crippen molar-refractivity contribution in [1.29, 1.82) is 0 Å². The number of hydrogen-bond donors (Lipinski definition) is 2. The lowest BCUT2D eigenvalue weighted by Crippen LogP contribution is -2.48. The van der Waals surface area contributed by atoms with Gasteiger partial charge in [-0.2, -0.15) is 0 Å². The molecule has 5 heterocycles. The molecule has 3 fully saturated rings. The number of aliphatic hydroxyl groups excluding tert-OH is 1. The molecular formula is C57H65BrN4O8S2. The van der Waals surface area contributed by atoms with Crippen LogP contribution in [0.1, 0.15) is 70.6 Å². The van der Waals surface area contributed by atoms with E-state index in [2.05, 4.69) is 49.8 Å². The van der Waals surface area contributed by atoms with Gasteiger partial charge in [-0.1, -0.05) is 80.0 Å². The quantitative estimate of drug-likeness (QED) is 0.0665. The van der Waals surface area contributed by atoms with Crippen LogP contribution in [0, 0.1) is 24.2 Å². The number of rotatable bonds is 21. The normalized spacial score (nSPS) is 20.1. The minimum absolute atomic E-state index is 0.0514. The first-order valence-electron chi connectivity index (χ1n) is 25.1. The molecule has 6 aromatic rings. The van der Waals surface area contributed by atoms with Gasteiger partial charge in [0.25, 0.3) is 0 Å². The van der Waals surface area contributed by atoms with Gasteiger partial charge in [0.15, 0.2) is 17.3 Å². The van der Waals surface area contributed by atoms with E-state index in [1.54, 1.807) is 39.7 Å². The lowest BCUT2D eigenvalue weighted by Gasteiger charge is -2.35. The summed E-state index contributed by atoms with van der Waals surface area (Å²) in [5, 5.41) is 21.5. The second kappa shape index (κ2) is 22.6. The van der Waals surface area contributed by atoms with Crippen molar-refractivity contribution in [3.63, 3.8) is 0 Å². The van der Waals surface area contributed by atoms with Crippen molar-refractivity contribution in [2.24, 2.45) is 17.3 Å². The van der Waals surface area contributed by atoms with Gasteiger partial charge in [-0.25, -0.2) is 4.98 Å². The number of phenols is 1. The molecule has 0 aliphatic carbocycles. The first-order valence-corrected chi connectivity index (χ1v) is 27.5. The molecule has 1 amide bonds. The first kappa shape index (κ1) is 51.9. The fourth-order valence-electron chi connectivity index (χ4n) is 10.7. The Hall–Kier alpha value is -5.00. The molecule has 3 aliphatic rings. The number of aromatic hydroxyl groups is 1. The molecule has 3 saturated heterocycles. The van der Waals surface area contributed by atoms with Crippen LogP contribution in [0.5, 0.6) is 23.0 Å². The lowest BCUT2D eigenvalue weighted by atomic mass is 9.76. The molecule has 9 rings (SSSR count). The summed E-state index contributed by atoms with van der Waals surface area (Å²) in [6.45, 7) is 14.7. The van der Waals surface area contributed by atoms with Crippen LogP contribution in [0.4, 0.5) is 0 Å². The highest BCUT2D eigenvalue weighted by Gasteiger charge is 2.45.